The van der Waals surface area contributed by atoms with Crippen LogP contribution in [0.3, 0.4) is 0 Å². The van der Waals surface area contributed by atoms with E-state index in [2.05, 4.69) is 56.7 Å². The molecule has 0 atom stereocenters. The number of nitrogens with zero attached hydrogens (tertiary/aromatic N) is 3. The molecule has 0 radical (unpaired) electrons. The summed E-state index contributed by atoms with van der Waals surface area (Å²) in [6.07, 6.45) is 1.83. The van der Waals surface area contributed by atoms with Gasteiger partial charge in [-0.05, 0) is 0 Å². The zero-order valence-corrected chi connectivity index (χ0v) is 9.92. The van der Waals surface area contributed by atoms with E-state index >= 15 is 0 Å². The Morgan fingerprint density at radius 2 is 1.43 bits per heavy atom. The van der Waals surface area contributed by atoms with Crippen LogP contribution in [-0.2, 0) is 10.8 Å². The fourth-order valence-corrected chi connectivity index (χ4v) is 0.962. The summed E-state index contributed by atoms with van der Waals surface area (Å²) < 4.78 is 0. The molecule has 1 aromatic heterocycles. The molecule has 1 rings (SSSR count). The molecule has 78 valence electrons. The van der Waals surface area contributed by atoms with E-state index in [0.29, 0.717) is 0 Å². The van der Waals surface area contributed by atoms with Gasteiger partial charge in [-0.2, -0.15) is 5.10 Å². The first-order valence-electron chi connectivity index (χ1n) is 4.92. The van der Waals surface area contributed by atoms with E-state index in [4.69, 9.17) is 0 Å². The van der Waals surface area contributed by atoms with Gasteiger partial charge in [-0.25, -0.2) is 4.98 Å². The first-order chi connectivity index (χ1) is 6.21. The van der Waals surface area contributed by atoms with Gasteiger partial charge in [-0.3, -0.25) is 0 Å². The third kappa shape index (κ3) is 2.50. The lowest BCUT2D eigenvalue weighted by molar-refractivity contribution is 0.504. The molecule has 0 unspecified atom stereocenters. The van der Waals surface area contributed by atoms with Crippen LogP contribution < -0.4 is 0 Å². The van der Waals surface area contributed by atoms with Gasteiger partial charge in [-0.15, -0.1) is 5.10 Å². The van der Waals surface area contributed by atoms with Gasteiger partial charge in [0.05, 0.1) is 11.9 Å². The van der Waals surface area contributed by atoms with Gasteiger partial charge in [0.2, 0.25) is 0 Å². The van der Waals surface area contributed by atoms with Gasteiger partial charge in [0.1, 0.15) is 0 Å². The Labute approximate surface area is 86.0 Å². The minimum atomic E-state index is -0.0244. The Balaban J connectivity index is 3.02. The van der Waals surface area contributed by atoms with Crippen LogP contribution in [0.25, 0.3) is 0 Å². The molecule has 3 nitrogen and oxygen atoms in total. The van der Waals surface area contributed by atoms with Gasteiger partial charge in [0.25, 0.3) is 0 Å². The molecule has 0 bridgehead atoms. The second kappa shape index (κ2) is 3.30. The molecule has 0 aliphatic rings. The first-order valence-corrected chi connectivity index (χ1v) is 4.92. The quantitative estimate of drug-likeness (QED) is 0.635. The van der Waals surface area contributed by atoms with Crippen LogP contribution >= 0.6 is 0 Å². The average molecular weight is 193 g/mol. The Morgan fingerprint density at radius 3 is 1.71 bits per heavy atom. The summed E-state index contributed by atoms with van der Waals surface area (Å²) in [4.78, 5) is 4.34. The first kappa shape index (κ1) is 11.1. The molecule has 0 amide bonds. The van der Waals surface area contributed by atoms with Gasteiger partial charge >= 0.3 is 0 Å². The fourth-order valence-electron chi connectivity index (χ4n) is 0.962. The molecule has 0 aliphatic carbocycles. The second-order valence-electron chi connectivity index (χ2n) is 5.67. The molecule has 0 saturated heterocycles. The number of aromatic nitrogens is 3. The summed E-state index contributed by atoms with van der Waals surface area (Å²) in [5.74, 6) is 0.797. The zero-order valence-electron chi connectivity index (χ0n) is 9.92. The Hall–Kier alpha value is -0.990. The van der Waals surface area contributed by atoms with Gasteiger partial charge < -0.3 is 0 Å². The van der Waals surface area contributed by atoms with Gasteiger partial charge in [-0.1, -0.05) is 41.5 Å². The largest absolute Gasteiger partial charge is 0.237 e. The summed E-state index contributed by atoms with van der Waals surface area (Å²) in [5, 5.41) is 8.36. The van der Waals surface area contributed by atoms with E-state index in [1.165, 1.54) is 0 Å². The molecular formula is C11H19N3. The number of rotatable bonds is 0. The maximum atomic E-state index is 4.34. The molecule has 0 spiro atoms. The minimum absolute atomic E-state index is 0.0242. The maximum absolute atomic E-state index is 4.34. The van der Waals surface area contributed by atoms with Crippen molar-refractivity contribution in [3.8, 4) is 0 Å². The third-order valence-electron chi connectivity index (χ3n) is 2.00. The summed E-state index contributed by atoms with van der Waals surface area (Å²) in [7, 11) is 0. The molecule has 0 fully saturated rings. The highest BCUT2D eigenvalue weighted by molar-refractivity contribution is 5.09. The summed E-state index contributed by atoms with van der Waals surface area (Å²) >= 11 is 0. The van der Waals surface area contributed by atoms with Crippen molar-refractivity contribution in [3.63, 3.8) is 0 Å². The van der Waals surface area contributed by atoms with Crippen molar-refractivity contribution in [1.29, 1.82) is 0 Å². The van der Waals surface area contributed by atoms with E-state index in [9.17, 15) is 0 Å². The van der Waals surface area contributed by atoms with Crippen LogP contribution in [0.1, 0.15) is 53.1 Å². The molecule has 14 heavy (non-hydrogen) atoms. The monoisotopic (exact) mass is 193 g/mol. The van der Waals surface area contributed by atoms with Gasteiger partial charge in [0, 0.05) is 10.8 Å². The fraction of sp³-hybridized carbons (Fsp3) is 0.727. The highest BCUT2D eigenvalue weighted by atomic mass is 15.2. The maximum Gasteiger partial charge on any atom is 0.156 e. The van der Waals surface area contributed by atoms with Crippen molar-refractivity contribution in [2.45, 2.75) is 52.4 Å². The third-order valence-corrected chi connectivity index (χ3v) is 2.00. The van der Waals surface area contributed by atoms with E-state index in [0.717, 1.165) is 11.5 Å². The van der Waals surface area contributed by atoms with E-state index in [1.54, 1.807) is 0 Å². The van der Waals surface area contributed by atoms with Crippen molar-refractivity contribution < 1.29 is 0 Å². The molecule has 0 aliphatic heterocycles. The smallest absolute Gasteiger partial charge is 0.156 e. The normalized spacial score (nSPS) is 13.0. The highest BCUT2D eigenvalue weighted by Gasteiger charge is 2.21. The average Bonchev–Trinajstić information content (AvgIpc) is 2.01. The van der Waals surface area contributed by atoms with Crippen molar-refractivity contribution in [2.75, 3.05) is 0 Å². The second-order valence-corrected chi connectivity index (χ2v) is 5.67. The summed E-state index contributed by atoms with van der Waals surface area (Å²) in [6, 6.07) is 0. The van der Waals surface area contributed by atoms with E-state index in [-0.39, 0.29) is 10.8 Å². The Kier molecular flexibility index (Phi) is 2.61. The zero-order chi connectivity index (χ0) is 11.0. The topological polar surface area (TPSA) is 38.7 Å². The summed E-state index contributed by atoms with van der Waals surface area (Å²) in [6.45, 7) is 12.6. The lowest BCUT2D eigenvalue weighted by atomic mass is 9.92. The van der Waals surface area contributed by atoms with Crippen LogP contribution in [0.2, 0.25) is 0 Å². The minimum Gasteiger partial charge on any atom is -0.237 e. The van der Waals surface area contributed by atoms with Crippen molar-refractivity contribution in [1.82, 2.24) is 15.2 Å². The number of hydrogen-bond acceptors (Lipinski definition) is 3. The molecular weight excluding hydrogens is 174 g/mol. The van der Waals surface area contributed by atoms with Crippen LogP contribution in [-0.4, -0.2) is 15.2 Å². The van der Waals surface area contributed by atoms with Crippen molar-refractivity contribution >= 4 is 0 Å². The van der Waals surface area contributed by atoms with Gasteiger partial charge in [0.15, 0.2) is 5.82 Å². The Bertz CT molecular complexity index is 268. The summed E-state index contributed by atoms with van der Waals surface area (Å²) in [5.41, 5.74) is 0.935. The Morgan fingerprint density at radius 1 is 0.857 bits per heavy atom. The molecule has 0 N–H and O–H groups in total. The molecule has 1 aromatic rings. The molecule has 1 heterocycles. The van der Waals surface area contributed by atoms with Crippen LogP contribution in [0.4, 0.5) is 0 Å². The lowest BCUT2D eigenvalue weighted by Crippen LogP contribution is -2.21. The van der Waals surface area contributed by atoms with E-state index < -0.39 is 0 Å². The van der Waals surface area contributed by atoms with E-state index in [1.807, 2.05) is 6.20 Å². The highest BCUT2D eigenvalue weighted by Crippen LogP contribution is 2.21. The van der Waals surface area contributed by atoms with Crippen LogP contribution in [0.5, 0.6) is 0 Å². The molecule has 0 saturated carbocycles. The van der Waals surface area contributed by atoms with Crippen LogP contribution in [0.15, 0.2) is 6.20 Å². The number of hydrogen-bond donors (Lipinski definition) is 0. The van der Waals surface area contributed by atoms with Crippen molar-refractivity contribution in [2.24, 2.45) is 0 Å². The van der Waals surface area contributed by atoms with Crippen molar-refractivity contribution in [3.05, 3.63) is 17.7 Å². The molecule has 3 heteroatoms. The lowest BCUT2D eigenvalue weighted by Gasteiger charge is -2.19. The standard InChI is InChI=1S/C11H19N3/c1-10(2,3)8-7-12-9(14-13-8)11(4,5)6/h7H,1-6H3. The SMILES string of the molecule is CC(C)(C)c1cnc(C(C)(C)C)nn1. The predicted octanol–water partition coefficient (Wildman–Crippen LogP) is 2.47. The van der Waals surface area contributed by atoms with Crippen LogP contribution in [0, 0.1) is 0 Å². The molecule has 0 aromatic carbocycles. The predicted molar refractivity (Wildman–Crippen MR) is 57.2 cm³/mol.